The normalized spacial score (nSPS) is 10.7. The average molecular weight is 313 g/mol. The molecule has 0 unspecified atom stereocenters. The first-order valence-corrected chi connectivity index (χ1v) is 6.86. The smallest absolute Gasteiger partial charge is 0.339 e. The Bertz CT molecular complexity index is 902. The number of nitrogens with zero attached hydrogens (tertiary/aromatic N) is 3. The van der Waals surface area contributed by atoms with E-state index in [1.54, 1.807) is 33.3 Å². The quantitative estimate of drug-likeness (QED) is 0.796. The van der Waals surface area contributed by atoms with Crippen LogP contribution in [0.3, 0.4) is 0 Å². The predicted molar refractivity (Wildman–Crippen MR) is 83.2 cm³/mol. The van der Waals surface area contributed by atoms with Gasteiger partial charge in [0, 0.05) is 17.8 Å². The fourth-order valence-electron chi connectivity index (χ4n) is 2.36. The molecule has 0 spiro atoms. The topological polar surface area (TPSA) is 86.0 Å². The van der Waals surface area contributed by atoms with Crippen LogP contribution in [0.25, 0.3) is 16.9 Å². The van der Waals surface area contributed by atoms with Crippen molar-refractivity contribution < 1.29 is 19.4 Å². The molecule has 0 radical (unpaired) electrons. The maximum atomic E-state index is 11.2. The molecule has 3 aromatic rings. The molecule has 2 heterocycles. The van der Waals surface area contributed by atoms with E-state index < -0.39 is 5.97 Å². The molecule has 2 aromatic heterocycles. The van der Waals surface area contributed by atoms with Gasteiger partial charge in [-0.1, -0.05) is 0 Å². The summed E-state index contributed by atoms with van der Waals surface area (Å²) in [6, 6.07) is 7.25. The number of fused-ring (bicyclic) bond motifs is 1. The first kappa shape index (κ1) is 14.8. The summed E-state index contributed by atoms with van der Waals surface area (Å²) in [6.07, 6.45) is 1.46. The van der Waals surface area contributed by atoms with E-state index in [4.69, 9.17) is 14.6 Å². The lowest BCUT2D eigenvalue weighted by Gasteiger charge is -2.08. The Hall–Kier alpha value is -3.09. The molecule has 0 amide bonds. The molecule has 1 N–H and O–H groups in total. The van der Waals surface area contributed by atoms with Crippen molar-refractivity contribution >= 4 is 11.6 Å². The van der Waals surface area contributed by atoms with Crippen LogP contribution in [0.2, 0.25) is 0 Å². The van der Waals surface area contributed by atoms with Gasteiger partial charge in [0.25, 0.3) is 0 Å². The number of carbonyl (C=O) groups is 1. The molecule has 0 atom stereocenters. The van der Waals surface area contributed by atoms with Crippen LogP contribution in [0.5, 0.6) is 11.5 Å². The summed E-state index contributed by atoms with van der Waals surface area (Å²) in [5, 5.41) is 13.6. The molecule has 118 valence electrons. The second-order valence-corrected chi connectivity index (χ2v) is 4.95. The van der Waals surface area contributed by atoms with Gasteiger partial charge in [0.15, 0.2) is 17.1 Å². The van der Waals surface area contributed by atoms with E-state index in [1.807, 2.05) is 12.1 Å². The van der Waals surface area contributed by atoms with Crippen molar-refractivity contribution in [2.75, 3.05) is 14.2 Å². The van der Waals surface area contributed by atoms with Crippen LogP contribution in [0.15, 0.2) is 30.5 Å². The van der Waals surface area contributed by atoms with Crippen molar-refractivity contribution in [2.24, 2.45) is 0 Å². The molecule has 3 rings (SSSR count). The Labute approximate surface area is 132 Å². The number of aromatic carboxylic acids is 1. The van der Waals surface area contributed by atoms with E-state index in [1.165, 1.54) is 10.7 Å². The lowest BCUT2D eigenvalue weighted by Crippen LogP contribution is -2.05. The zero-order valence-electron chi connectivity index (χ0n) is 12.9. The number of hydrogen-bond acceptors (Lipinski definition) is 5. The summed E-state index contributed by atoms with van der Waals surface area (Å²) in [6.45, 7) is 1.66. The van der Waals surface area contributed by atoms with Crippen LogP contribution in [0.4, 0.5) is 0 Å². The molecule has 7 heteroatoms. The third kappa shape index (κ3) is 2.57. The van der Waals surface area contributed by atoms with Gasteiger partial charge in [-0.2, -0.15) is 5.10 Å². The first-order chi connectivity index (χ1) is 11.0. The Morgan fingerprint density at radius 1 is 1.17 bits per heavy atom. The lowest BCUT2D eigenvalue weighted by atomic mass is 10.1. The van der Waals surface area contributed by atoms with Crippen molar-refractivity contribution in [2.45, 2.75) is 6.92 Å². The van der Waals surface area contributed by atoms with Crippen LogP contribution in [-0.2, 0) is 0 Å². The molecule has 0 saturated carbocycles. The van der Waals surface area contributed by atoms with Gasteiger partial charge in [-0.15, -0.1) is 0 Å². The van der Waals surface area contributed by atoms with E-state index in [2.05, 4.69) is 10.1 Å². The maximum absolute atomic E-state index is 11.2. The molecule has 0 aliphatic heterocycles. The van der Waals surface area contributed by atoms with Crippen molar-refractivity contribution in [3.63, 3.8) is 0 Å². The molecule has 0 fully saturated rings. The minimum absolute atomic E-state index is 0.125. The second-order valence-electron chi connectivity index (χ2n) is 4.95. The van der Waals surface area contributed by atoms with E-state index in [-0.39, 0.29) is 5.56 Å². The van der Waals surface area contributed by atoms with Gasteiger partial charge in [-0.25, -0.2) is 14.3 Å². The Balaban J connectivity index is 2.12. The third-order valence-corrected chi connectivity index (χ3v) is 3.55. The second kappa shape index (κ2) is 5.60. The Morgan fingerprint density at radius 3 is 2.57 bits per heavy atom. The monoisotopic (exact) mass is 313 g/mol. The minimum atomic E-state index is -1.03. The molecule has 0 aliphatic rings. The highest BCUT2D eigenvalue weighted by Crippen LogP contribution is 2.32. The Kier molecular flexibility index (Phi) is 3.61. The van der Waals surface area contributed by atoms with Crippen LogP contribution in [0, 0.1) is 6.92 Å². The summed E-state index contributed by atoms with van der Waals surface area (Å²) >= 11 is 0. The highest BCUT2D eigenvalue weighted by atomic mass is 16.5. The molecule has 7 nitrogen and oxygen atoms in total. The summed E-state index contributed by atoms with van der Waals surface area (Å²) in [7, 11) is 3.14. The maximum Gasteiger partial charge on any atom is 0.339 e. The van der Waals surface area contributed by atoms with Crippen molar-refractivity contribution in [3.05, 3.63) is 41.7 Å². The molecular formula is C16H15N3O4. The van der Waals surface area contributed by atoms with Gasteiger partial charge < -0.3 is 14.6 Å². The zero-order chi connectivity index (χ0) is 16.6. The van der Waals surface area contributed by atoms with Crippen molar-refractivity contribution in [1.82, 2.24) is 14.6 Å². The van der Waals surface area contributed by atoms with Gasteiger partial charge >= 0.3 is 5.97 Å². The number of carboxylic acids is 1. The van der Waals surface area contributed by atoms with Gasteiger partial charge in [0.2, 0.25) is 0 Å². The summed E-state index contributed by atoms with van der Waals surface area (Å²) in [5.74, 6) is 0.194. The molecule has 0 bridgehead atoms. The van der Waals surface area contributed by atoms with Crippen molar-refractivity contribution in [1.29, 1.82) is 0 Å². The molecule has 23 heavy (non-hydrogen) atoms. The fraction of sp³-hybridized carbons (Fsp3) is 0.188. The highest BCUT2D eigenvalue weighted by Gasteiger charge is 2.14. The number of aromatic nitrogens is 3. The fourth-order valence-corrected chi connectivity index (χ4v) is 2.36. The number of rotatable bonds is 4. The predicted octanol–water partition coefficient (Wildman–Crippen LogP) is 2.42. The highest BCUT2D eigenvalue weighted by molar-refractivity contribution is 5.88. The summed E-state index contributed by atoms with van der Waals surface area (Å²) in [5.41, 5.74) is 2.64. The first-order valence-electron chi connectivity index (χ1n) is 6.86. The number of aryl methyl sites for hydroxylation is 1. The minimum Gasteiger partial charge on any atom is -0.493 e. The van der Waals surface area contributed by atoms with Crippen molar-refractivity contribution in [3.8, 4) is 22.8 Å². The van der Waals surface area contributed by atoms with Gasteiger partial charge in [0.05, 0.1) is 31.2 Å². The third-order valence-electron chi connectivity index (χ3n) is 3.55. The summed E-state index contributed by atoms with van der Waals surface area (Å²) in [4.78, 5) is 15.5. The standard InChI is InChI=1S/C16H15N3O4/c1-9-11(16(20)21)8-19-15(17-9)7-12(18-19)10-4-5-13(22-2)14(6-10)23-3/h4-8H,1-3H3,(H,20,21). The molecular weight excluding hydrogens is 298 g/mol. The number of ether oxygens (including phenoxy) is 2. The SMILES string of the molecule is COc1ccc(-c2cc3nc(C)c(C(=O)O)cn3n2)cc1OC. The van der Waals surface area contributed by atoms with E-state index in [9.17, 15) is 4.79 Å². The van der Waals surface area contributed by atoms with Crippen LogP contribution < -0.4 is 9.47 Å². The van der Waals surface area contributed by atoms with Crippen LogP contribution in [-0.4, -0.2) is 39.9 Å². The van der Waals surface area contributed by atoms with E-state index in [0.29, 0.717) is 28.5 Å². The largest absolute Gasteiger partial charge is 0.493 e. The average Bonchev–Trinajstić information content (AvgIpc) is 2.95. The van der Waals surface area contributed by atoms with Gasteiger partial charge in [-0.3, -0.25) is 0 Å². The van der Waals surface area contributed by atoms with Crippen LogP contribution >= 0.6 is 0 Å². The Morgan fingerprint density at radius 2 is 1.91 bits per heavy atom. The number of methoxy groups -OCH3 is 2. The molecule has 0 aliphatic carbocycles. The van der Waals surface area contributed by atoms with Crippen LogP contribution in [0.1, 0.15) is 16.1 Å². The van der Waals surface area contributed by atoms with Gasteiger partial charge in [0.1, 0.15) is 0 Å². The lowest BCUT2D eigenvalue weighted by molar-refractivity contribution is 0.0695. The zero-order valence-corrected chi connectivity index (χ0v) is 12.9. The van der Waals surface area contributed by atoms with Gasteiger partial charge in [-0.05, 0) is 25.1 Å². The summed E-state index contributed by atoms with van der Waals surface area (Å²) < 4.78 is 12.0. The number of benzene rings is 1. The van der Waals surface area contributed by atoms with E-state index in [0.717, 1.165) is 5.56 Å². The molecule has 1 aromatic carbocycles. The number of carboxylic acid groups (broad SMARTS) is 1. The number of hydrogen-bond donors (Lipinski definition) is 1. The van der Waals surface area contributed by atoms with E-state index >= 15 is 0 Å². The molecule has 0 saturated heterocycles.